The maximum absolute atomic E-state index is 12.0. The van der Waals surface area contributed by atoms with Crippen molar-refractivity contribution in [2.75, 3.05) is 0 Å². The van der Waals surface area contributed by atoms with E-state index in [0.717, 1.165) is 5.56 Å². The van der Waals surface area contributed by atoms with E-state index in [-0.39, 0.29) is 11.4 Å². The van der Waals surface area contributed by atoms with Gasteiger partial charge in [-0.2, -0.15) is 5.26 Å². The fourth-order valence-corrected chi connectivity index (χ4v) is 1.99. The molecule has 0 bridgehead atoms. The Morgan fingerprint density at radius 3 is 2.71 bits per heavy atom. The van der Waals surface area contributed by atoms with Crippen molar-refractivity contribution >= 4 is 22.6 Å². The molecule has 1 aromatic carbocycles. The van der Waals surface area contributed by atoms with Crippen LogP contribution < -0.4 is 5.56 Å². The van der Waals surface area contributed by atoms with Gasteiger partial charge in [0.05, 0.1) is 16.5 Å². The van der Waals surface area contributed by atoms with Crippen LogP contribution in [0.5, 0.6) is 0 Å². The number of rotatable bonds is 2. The number of nitrogens with one attached hydrogen (secondary N) is 1. The topological polar surface area (TPSA) is 82.4 Å². The van der Waals surface area contributed by atoms with Crippen molar-refractivity contribution in [1.82, 2.24) is 15.0 Å². The van der Waals surface area contributed by atoms with Crippen molar-refractivity contribution in [3.63, 3.8) is 0 Å². The Balaban J connectivity index is 2.17. The Morgan fingerprint density at radius 2 is 1.95 bits per heavy atom. The van der Waals surface area contributed by atoms with Gasteiger partial charge in [-0.15, -0.1) is 0 Å². The number of hydrogen-bond acceptors (Lipinski definition) is 4. The number of allylic oxidation sites excluding steroid dienone is 1. The molecule has 3 aromatic rings. The van der Waals surface area contributed by atoms with Crippen LogP contribution in [-0.2, 0) is 0 Å². The molecule has 2 aromatic heterocycles. The minimum Gasteiger partial charge on any atom is -0.305 e. The SMILES string of the molecule is N#C/C(=C\c1ccncc1)c1nc2ccccc2c(=O)[nH]1. The fourth-order valence-electron chi connectivity index (χ4n) is 1.99. The second-order valence-corrected chi connectivity index (χ2v) is 4.38. The standard InChI is InChI=1S/C16H10N4O/c17-10-12(9-11-5-7-18-8-6-11)15-19-14-4-2-1-3-13(14)16(21)20-15/h1-9H,(H,19,20,21)/b12-9+. The van der Waals surface area contributed by atoms with Crippen LogP contribution >= 0.6 is 0 Å². The largest absolute Gasteiger partial charge is 0.305 e. The van der Waals surface area contributed by atoms with Crippen LogP contribution in [0.3, 0.4) is 0 Å². The van der Waals surface area contributed by atoms with Gasteiger partial charge in [-0.3, -0.25) is 9.78 Å². The first-order chi connectivity index (χ1) is 10.3. The fraction of sp³-hybridized carbons (Fsp3) is 0. The highest BCUT2D eigenvalue weighted by Crippen LogP contribution is 2.15. The molecule has 2 heterocycles. The van der Waals surface area contributed by atoms with E-state index in [9.17, 15) is 10.1 Å². The second-order valence-electron chi connectivity index (χ2n) is 4.38. The van der Waals surface area contributed by atoms with E-state index in [1.165, 1.54) is 0 Å². The third-order valence-electron chi connectivity index (χ3n) is 3.01. The van der Waals surface area contributed by atoms with Crippen molar-refractivity contribution in [2.24, 2.45) is 0 Å². The number of para-hydroxylation sites is 1. The monoisotopic (exact) mass is 274 g/mol. The Labute approximate surface area is 120 Å². The lowest BCUT2D eigenvalue weighted by Crippen LogP contribution is -2.11. The van der Waals surface area contributed by atoms with E-state index < -0.39 is 0 Å². The van der Waals surface area contributed by atoms with E-state index >= 15 is 0 Å². The average molecular weight is 274 g/mol. The molecule has 0 aliphatic carbocycles. The number of benzene rings is 1. The van der Waals surface area contributed by atoms with Crippen molar-refractivity contribution in [2.45, 2.75) is 0 Å². The number of nitrogens with zero attached hydrogens (tertiary/aromatic N) is 3. The zero-order valence-electron chi connectivity index (χ0n) is 10.9. The molecule has 0 fully saturated rings. The summed E-state index contributed by atoms with van der Waals surface area (Å²) in [5.41, 5.74) is 1.42. The van der Waals surface area contributed by atoms with Crippen LogP contribution in [-0.4, -0.2) is 15.0 Å². The summed E-state index contributed by atoms with van der Waals surface area (Å²) in [6, 6.07) is 12.6. The van der Waals surface area contributed by atoms with Crippen LogP contribution in [0.1, 0.15) is 11.4 Å². The maximum Gasteiger partial charge on any atom is 0.259 e. The molecule has 100 valence electrons. The lowest BCUT2D eigenvalue weighted by molar-refractivity contribution is 1.13. The Bertz CT molecular complexity index is 920. The molecule has 0 saturated carbocycles. The molecule has 0 saturated heterocycles. The van der Waals surface area contributed by atoms with E-state index in [2.05, 4.69) is 21.0 Å². The van der Waals surface area contributed by atoms with E-state index in [1.807, 2.05) is 0 Å². The zero-order chi connectivity index (χ0) is 14.7. The first-order valence-electron chi connectivity index (χ1n) is 6.29. The molecule has 0 atom stereocenters. The smallest absolute Gasteiger partial charge is 0.259 e. The molecule has 5 nitrogen and oxygen atoms in total. The summed E-state index contributed by atoms with van der Waals surface area (Å²) in [7, 11) is 0. The number of hydrogen-bond donors (Lipinski definition) is 1. The first kappa shape index (κ1) is 12.8. The molecule has 0 radical (unpaired) electrons. The average Bonchev–Trinajstić information content (AvgIpc) is 2.53. The Kier molecular flexibility index (Phi) is 3.27. The van der Waals surface area contributed by atoms with Gasteiger partial charge < -0.3 is 4.98 Å². The third kappa shape index (κ3) is 2.55. The van der Waals surface area contributed by atoms with Gasteiger partial charge in [-0.1, -0.05) is 12.1 Å². The molecule has 5 heteroatoms. The highest BCUT2D eigenvalue weighted by Gasteiger charge is 2.07. The van der Waals surface area contributed by atoms with Gasteiger partial charge in [-0.05, 0) is 35.9 Å². The predicted molar refractivity (Wildman–Crippen MR) is 80.1 cm³/mol. The van der Waals surface area contributed by atoms with Crippen molar-refractivity contribution in [1.29, 1.82) is 5.26 Å². The molecule has 3 rings (SSSR count). The van der Waals surface area contributed by atoms with Gasteiger partial charge in [-0.25, -0.2) is 4.98 Å². The van der Waals surface area contributed by atoms with Crippen molar-refractivity contribution in [3.8, 4) is 6.07 Å². The third-order valence-corrected chi connectivity index (χ3v) is 3.01. The van der Waals surface area contributed by atoms with Gasteiger partial charge in [0.1, 0.15) is 6.07 Å². The quantitative estimate of drug-likeness (QED) is 0.727. The Morgan fingerprint density at radius 1 is 1.19 bits per heavy atom. The van der Waals surface area contributed by atoms with Crippen LogP contribution in [0.25, 0.3) is 22.6 Å². The number of H-pyrrole nitrogens is 1. The summed E-state index contributed by atoms with van der Waals surface area (Å²) in [5, 5.41) is 9.81. The number of aromatic nitrogens is 3. The minimum atomic E-state index is -0.258. The normalized spacial score (nSPS) is 11.3. The molecular formula is C16H10N4O. The molecule has 0 spiro atoms. The number of nitriles is 1. The summed E-state index contributed by atoms with van der Waals surface area (Å²) in [6.45, 7) is 0. The van der Waals surface area contributed by atoms with Gasteiger partial charge in [0.2, 0.25) is 0 Å². The molecule has 21 heavy (non-hydrogen) atoms. The second kappa shape index (κ2) is 5.39. The summed E-state index contributed by atoms with van der Waals surface area (Å²) in [4.78, 5) is 22.9. The summed E-state index contributed by atoms with van der Waals surface area (Å²) in [5.74, 6) is 0.262. The molecule has 0 aliphatic heterocycles. The van der Waals surface area contributed by atoms with Crippen molar-refractivity contribution in [3.05, 3.63) is 70.5 Å². The van der Waals surface area contributed by atoms with Crippen LogP contribution in [0, 0.1) is 11.3 Å². The molecule has 0 amide bonds. The zero-order valence-corrected chi connectivity index (χ0v) is 10.9. The first-order valence-corrected chi connectivity index (χ1v) is 6.29. The highest BCUT2D eigenvalue weighted by atomic mass is 16.1. The number of fused-ring (bicyclic) bond motifs is 1. The van der Waals surface area contributed by atoms with E-state index in [1.54, 1.807) is 54.9 Å². The molecular weight excluding hydrogens is 264 g/mol. The van der Waals surface area contributed by atoms with Crippen LogP contribution in [0.15, 0.2) is 53.6 Å². The van der Waals surface area contributed by atoms with Crippen LogP contribution in [0.2, 0.25) is 0 Å². The molecule has 1 N–H and O–H groups in total. The van der Waals surface area contributed by atoms with E-state index in [0.29, 0.717) is 16.5 Å². The van der Waals surface area contributed by atoms with Crippen molar-refractivity contribution < 1.29 is 0 Å². The number of aromatic amines is 1. The van der Waals surface area contributed by atoms with Gasteiger partial charge in [0.15, 0.2) is 5.82 Å². The molecule has 0 aliphatic rings. The number of pyridine rings is 1. The highest BCUT2D eigenvalue weighted by molar-refractivity contribution is 5.88. The van der Waals surface area contributed by atoms with Gasteiger partial charge in [0.25, 0.3) is 5.56 Å². The summed E-state index contributed by atoms with van der Waals surface area (Å²) in [6.07, 6.45) is 4.93. The predicted octanol–water partition coefficient (Wildman–Crippen LogP) is 2.38. The summed E-state index contributed by atoms with van der Waals surface area (Å²) >= 11 is 0. The van der Waals surface area contributed by atoms with Gasteiger partial charge in [0, 0.05) is 12.4 Å². The maximum atomic E-state index is 12.0. The Hall–Kier alpha value is -3.26. The van der Waals surface area contributed by atoms with Gasteiger partial charge >= 0.3 is 0 Å². The van der Waals surface area contributed by atoms with E-state index in [4.69, 9.17) is 0 Å². The summed E-state index contributed by atoms with van der Waals surface area (Å²) < 4.78 is 0. The molecule has 0 unspecified atom stereocenters. The van der Waals surface area contributed by atoms with Crippen LogP contribution in [0.4, 0.5) is 0 Å². The lowest BCUT2D eigenvalue weighted by atomic mass is 10.1. The lowest BCUT2D eigenvalue weighted by Gasteiger charge is -2.01. The minimum absolute atomic E-state index is 0.258.